The minimum absolute atomic E-state index is 0.182. The van der Waals surface area contributed by atoms with Gasteiger partial charge >= 0.3 is 5.97 Å². The van der Waals surface area contributed by atoms with Crippen molar-refractivity contribution in [3.05, 3.63) is 48.0 Å². The van der Waals surface area contributed by atoms with Gasteiger partial charge in [0, 0.05) is 12.8 Å². The van der Waals surface area contributed by atoms with E-state index in [9.17, 15) is 14.7 Å². The zero-order valence-corrected chi connectivity index (χ0v) is 14.1. The second kappa shape index (κ2) is 9.06. The summed E-state index contributed by atoms with van der Waals surface area (Å²) in [6.45, 7) is 2.12. The highest BCUT2D eigenvalue weighted by Gasteiger charge is 2.21. The van der Waals surface area contributed by atoms with Crippen LogP contribution in [-0.2, 0) is 16.0 Å². The third-order valence-corrected chi connectivity index (χ3v) is 4.19. The Balaban J connectivity index is 2.03. The number of carbonyl (C=O) groups is 2. The van der Waals surface area contributed by atoms with Crippen molar-refractivity contribution < 1.29 is 14.7 Å². The summed E-state index contributed by atoms with van der Waals surface area (Å²) in [5.74, 6) is -1.18. The molecule has 0 saturated carbocycles. The van der Waals surface area contributed by atoms with Crippen LogP contribution in [0.3, 0.4) is 0 Å². The van der Waals surface area contributed by atoms with Crippen molar-refractivity contribution in [1.82, 2.24) is 5.32 Å². The molecule has 0 fully saturated rings. The predicted molar refractivity (Wildman–Crippen MR) is 96.0 cm³/mol. The van der Waals surface area contributed by atoms with Crippen molar-refractivity contribution in [2.45, 2.75) is 51.5 Å². The molecule has 2 aromatic rings. The van der Waals surface area contributed by atoms with E-state index < -0.39 is 12.0 Å². The monoisotopic (exact) mass is 327 g/mol. The summed E-state index contributed by atoms with van der Waals surface area (Å²) in [7, 11) is 0. The smallest absolute Gasteiger partial charge is 0.326 e. The second-order valence-electron chi connectivity index (χ2n) is 6.11. The highest BCUT2D eigenvalue weighted by molar-refractivity contribution is 5.88. The zero-order valence-electron chi connectivity index (χ0n) is 14.1. The van der Waals surface area contributed by atoms with E-state index in [2.05, 4.69) is 12.2 Å². The maximum absolute atomic E-state index is 12.0. The van der Waals surface area contributed by atoms with Crippen LogP contribution in [0.2, 0.25) is 0 Å². The number of hydrogen-bond acceptors (Lipinski definition) is 2. The van der Waals surface area contributed by atoms with Crippen molar-refractivity contribution >= 4 is 22.6 Å². The van der Waals surface area contributed by atoms with Gasteiger partial charge in [-0.2, -0.15) is 0 Å². The molecule has 4 heteroatoms. The summed E-state index contributed by atoms with van der Waals surface area (Å²) in [5.41, 5.74) is 0.937. The number of amides is 1. The van der Waals surface area contributed by atoms with Gasteiger partial charge in [-0.25, -0.2) is 4.79 Å². The Morgan fingerprint density at radius 1 is 1.04 bits per heavy atom. The molecule has 2 aromatic carbocycles. The number of aliphatic carboxylic acids is 1. The van der Waals surface area contributed by atoms with E-state index in [0.717, 1.165) is 42.0 Å². The minimum Gasteiger partial charge on any atom is -0.480 e. The number of unbranched alkanes of at least 4 members (excludes halogenated alkanes) is 3. The van der Waals surface area contributed by atoms with Gasteiger partial charge in [0.25, 0.3) is 0 Å². The van der Waals surface area contributed by atoms with Crippen LogP contribution in [0.4, 0.5) is 0 Å². The molecule has 2 N–H and O–H groups in total. The first-order chi connectivity index (χ1) is 11.6. The molecule has 0 aromatic heterocycles. The largest absolute Gasteiger partial charge is 0.480 e. The molecule has 1 atom stereocenters. The molecule has 0 radical (unpaired) electrons. The van der Waals surface area contributed by atoms with Gasteiger partial charge in [0.05, 0.1) is 0 Å². The number of carbonyl (C=O) groups excluding carboxylic acids is 1. The Bertz CT molecular complexity index is 691. The molecule has 4 nitrogen and oxygen atoms in total. The molecule has 0 aliphatic rings. The van der Waals surface area contributed by atoms with Gasteiger partial charge in [-0.3, -0.25) is 4.79 Å². The first-order valence-electron chi connectivity index (χ1n) is 8.60. The molecule has 0 bridgehead atoms. The third kappa shape index (κ3) is 5.08. The lowest BCUT2D eigenvalue weighted by atomic mass is 9.98. The van der Waals surface area contributed by atoms with Gasteiger partial charge < -0.3 is 10.4 Å². The maximum Gasteiger partial charge on any atom is 0.326 e. The SMILES string of the molecule is CCCCCCC(=O)NC(Cc1cccc2ccccc12)C(=O)O. The number of benzene rings is 2. The van der Waals surface area contributed by atoms with Crippen LogP contribution < -0.4 is 5.32 Å². The molecule has 24 heavy (non-hydrogen) atoms. The fourth-order valence-corrected chi connectivity index (χ4v) is 2.87. The fraction of sp³-hybridized carbons (Fsp3) is 0.400. The van der Waals surface area contributed by atoms with Crippen LogP contribution in [0.15, 0.2) is 42.5 Å². The number of fused-ring (bicyclic) bond motifs is 1. The Kier molecular flexibility index (Phi) is 6.79. The van der Waals surface area contributed by atoms with Crippen LogP contribution in [0.1, 0.15) is 44.6 Å². The van der Waals surface area contributed by atoms with E-state index in [1.807, 2.05) is 42.5 Å². The Morgan fingerprint density at radius 3 is 2.54 bits per heavy atom. The van der Waals surface area contributed by atoms with Gasteiger partial charge in [-0.05, 0) is 22.8 Å². The first-order valence-corrected chi connectivity index (χ1v) is 8.60. The number of hydrogen-bond donors (Lipinski definition) is 2. The number of rotatable bonds is 9. The lowest BCUT2D eigenvalue weighted by Crippen LogP contribution is -2.42. The standard InChI is InChI=1S/C20H25NO3/c1-2-3-4-5-13-19(22)21-18(20(23)24)14-16-11-8-10-15-9-6-7-12-17(15)16/h6-12,18H,2-5,13-14H2,1H3,(H,21,22)(H,23,24). The number of carboxylic acid groups (broad SMARTS) is 1. The van der Waals surface area contributed by atoms with Gasteiger partial charge in [0.2, 0.25) is 5.91 Å². The zero-order chi connectivity index (χ0) is 17.4. The van der Waals surface area contributed by atoms with Gasteiger partial charge in [-0.1, -0.05) is 68.7 Å². The summed E-state index contributed by atoms with van der Waals surface area (Å²) in [5, 5.41) is 14.2. The molecular weight excluding hydrogens is 302 g/mol. The molecule has 0 saturated heterocycles. The molecular formula is C20H25NO3. The van der Waals surface area contributed by atoms with E-state index in [4.69, 9.17) is 0 Å². The Hall–Kier alpha value is -2.36. The first kappa shape index (κ1) is 18.0. The van der Waals surface area contributed by atoms with Crippen molar-refractivity contribution in [2.24, 2.45) is 0 Å². The van der Waals surface area contributed by atoms with Crippen LogP contribution in [0.25, 0.3) is 10.8 Å². The molecule has 0 aliphatic heterocycles. The lowest BCUT2D eigenvalue weighted by molar-refractivity contribution is -0.141. The summed E-state index contributed by atoms with van der Waals surface area (Å²) < 4.78 is 0. The topological polar surface area (TPSA) is 66.4 Å². The second-order valence-corrected chi connectivity index (χ2v) is 6.11. The van der Waals surface area contributed by atoms with Gasteiger partial charge in [0.1, 0.15) is 6.04 Å². The van der Waals surface area contributed by atoms with Crippen LogP contribution in [0, 0.1) is 0 Å². The van der Waals surface area contributed by atoms with Crippen molar-refractivity contribution in [3.8, 4) is 0 Å². The van der Waals surface area contributed by atoms with Crippen molar-refractivity contribution in [1.29, 1.82) is 0 Å². The van der Waals surface area contributed by atoms with E-state index in [1.54, 1.807) is 0 Å². The van der Waals surface area contributed by atoms with Crippen LogP contribution in [0.5, 0.6) is 0 Å². The predicted octanol–water partition coefficient (Wildman–Crippen LogP) is 3.92. The molecule has 1 amide bonds. The summed E-state index contributed by atoms with van der Waals surface area (Å²) >= 11 is 0. The molecule has 0 heterocycles. The third-order valence-electron chi connectivity index (χ3n) is 4.19. The summed E-state index contributed by atoms with van der Waals surface area (Å²) in [6.07, 6.45) is 4.70. The highest BCUT2D eigenvalue weighted by Crippen LogP contribution is 2.20. The van der Waals surface area contributed by atoms with E-state index >= 15 is 0 Å². The number of carboxylic acids is 1. The van der Waals surface area contributed by atoms with Crippen LogP contribution in [-0.4, -0.2) is 23.0 Å². The van der Waals surface area contributed by atoms with E-state index in [-0.39, 0.29) is 12.3 Å². The molecule has 2 rings (SSSR count). The lowest BCUT2D eigenvalue weighted by Gasteiger charge is -2.16. The minimum atomic E-state index is -0.996. The van der Waals surface area contributed by atoms with Gasteiger partial charge in [0.15, 0.2) is 0 Å². The van der Waals surface area contributed by atoms with Crippen molar-refractivity contribution in [2.75, 3.05) is 0 Å². The normalized spacial score (nSPS) is 12.0. The van der Waals surface area contributed by atoms with Crippen LogP contribution >= 0.6 is 0 Å². The summed E-state index contributed by atoms with van der Waals surface area (Å²) in [4.78, 5) is 23.5. The van der Waals surface area contributed by atoms with E-state index in [1.165, 1.54) is 0 Å². The molecule has 0 aliphatic carbocycles. The highest BCUT2D eigenvalue weighted by atomic mass is 16.4. The molecule has 1 unspecified atom stereocenters. The molecule has 128 valence electrons. The Labute approximate surface area is 142 Å². The van der Waals surface area contributed by atoms with Gasteiger partial charge in [-0.15, -0.1) is 0 Å². The molecule has 0 spiro atoms. The summed E-state index contributed by atoms with van der Waals surface area (Å²) in [6, 6.07) is 12.8. The average molecular weight is 327 g/mol. The maximum atomic E-state index is 12.0. The number of nitrogens with one attached hydrogen (secondary N) is 1. The quantitative estimate of drug-likeness (QED) is 0.686. The van der Waals surface area contributed by atoms with E-state index in [0.29, 0.717) is 6.42 Å². The fourth-order valence-electron chi connectivity index (χ4n) is 2.87. The Morgan fingerprint density at radius 2 is 1.79 bits per heavy atom. The van der Waals surface area contributed by atoms with Crippen molar-refractivity contribution in [3.63, 3.8) is 0 Å². The average Bonchev–Trinajstić information content (AvgIpc) is 2.58.